The second-order valence-corrected chi connectivity index (χ2v) is 13.7. The molecule has 1 atom stereocenters. The standard InChI is InChI=1S/C30H43NO6S/c1-20-5-7-21(8-6-20)27(32)31(25-17-24(11-13-29(2,3)4)38-26(25)28(33)34)22-9-14-30(35,15-10-22)19-37-23-12-16-36-18-23/h17,20-23,35H,5-10,12,14-16,18-19H2,1-4H3,(H,33,34)/p+1/t20?,21?,22?,23-,30?/m1/s1. The molecule has 38 heavy (non-hydrogen) atoms. The van der Waals surface area contributed by atoms with E-state index in [0.29, 0.717) is 48.8 Å². The van der Waals surface area contributed by atoms with Crippen LogP contribution >= 0.6 is 11.3 Å². The highest BCUT2D eigenvalue weighted by atomic mass is 32.1. The van der Waals surface area contributed by atoms with E-state index in [2.05, 4.69) is 23.5 Å². The Balaban J connectivity index is 1.58. The third-order valence-electron chi connectivity index (χ3n) is 8.11. The summed E-state index contributed by atoms with van der Waals surface area (Å²) in [4.78, 5) is 29.0. The molecule has 210 valence electrons. The molecular weight excluding hydrogens is 502 g/mol. The van der Waals surface area contributed by atoms with Gasteiger partial charge in [-0.3, -0.25) is 4.79 Å². The zero-order valence-electron chi connectivity index (χ0n) is 23.3. The van der Waals surface area contributed by atoms with Gasteiger partial charge in [-0.1, -0.05) is 18.8 Å². The number of amides is 1. The molecule has 4 rings (SSSR count). The van der Waals surface area contributed by atoms with Gasteiger partial charge >= 0.3 is 5.97 Å². The fraction of sp³-hybridized carbons (Fsp3) is 0.733. The van der Waals surface area contributed by atoms with Crippen LogP contribution in [0.5, 0.6) is 0 Å². The second kappa shape index (κ2) is 12.1. The Labute approximate surface area is 230 Å². The average Bonchev–Trinajstić information content (AvgIpc) is 3.53. The van der Waals surface area contributed by atoms with Gasteiger partial charge in [0.1, 0.15) is 17.6 Å². The topological polar surface area (TPSA) is 99.9 Å². The predicted molar refractivity (Wildman–Crippen MR) is 150 cm³/mol. The molecule has 2 saturated carbocycles. The lowest BCUT2D eigenvalue weighted by molar-refractivity contribution is -0.125. The van der Waals surface area contributed by atoms with Crippen LogP contribution in [0.1, 0.15) is 100 Å². The van der Waals surface area contributed by atoms with Crippen molar-refractivity contribution in [1.29, 1.82) is 0 Å². The number of carboxylic acid groups (broad SMARTS) is 1. The number of rotatable bonds is 7. The lowest BCUT2D eigenvalue weighted by atomic mass is 9.79. The van der Waals surface area contributed by atoms with Gasteiger partial charge in [-0.25, -0.2) is 4.79 Å². The fourth-order valence-electron chi connectivity index (χ4n) is 5.74. The molecule has 3 aliphatic rings. The average molecular weight is 547 g/mol. The van der Waals surface area contributed by atoms with Crippen molar-refractivity contribution in [3.8, 4) is 11.8 Å². The zero-order valence-corrected chi connectivity index (χ0v) is 24.1. The quantitative estimate of drug-likeness (QED) is 0.371. The summed E-state index contributed by atoms with van der Waals surface area (Å²) in [6, 6.07) is 1.63. The summed E-state index contributed by atoms with van der Waals surface area (Å²) in [6.45, 7) is 10.1. The highest BCUT2D eigenvalue weighted by Crippen LogP contribution is 2.40. The highest BCUT2D eigenvalue weighted by molar-refractivity contribution is 7.15. The molecule has 8 heteroatoms. The molecule has 7 nitrogen and oxygen atoms in total. The van der Waals surface area contributed by atoms with E-state index in [1.165, 1.54) is 0 Å². The summed E-state index contributed by atoms with van der Waals surface area (Å²) < 4.78 is 10.3. The van der Waals surface area contributed by atoms with Gasteiger partial charge in [-0.05, 0) is 84.1 Å². The smallest absolute Gasteiger partial charge is 0.348 e. The van der Waals surface area contributed by atoms with Crippen LogP contribution in [-0.2, 0) is 9.53 Å². The Morgan fingerprint density at radius 3 is 2.42 bits per heavy atom. The van der Waals surface area contributed by atoms with Gasteiger partial charge < -0.3 is 24.6 Å². The van der Waals surface area contributed by atoms with E-state index in [1.54, 1.807) is 11.0 Å². The van der Waals surface area contributed by atoms with E-state index >= 15 is 0 Å². The molecule has 1 aliphatic heterocycles. The number of thiophene rings is 1. The van der Waals surface area contributed by atoms with E-state index in [-0.39, 0.29) is 40.9 Å². The van der Waals surface area contributed by atoms with E-state index in [1.807, 2.05) is 20.8 Å². The first-order valence-electron chi connectivity index (χ1n) is 14.1. The van der Waals surface area contributed by atoms with Crippen LogP contribution in [0.15, 0.2) is 6.07 Å². The maximum Gasteiger partial charge on any atom is 0.348 e. The van der Waals surface area contributed by atoms with E-state index in [0.717, 1.165) is 50.0 Å². The Hall–Kier alpha value is -1.92. The Morgan fingerprint density at radius 1 is 1.16 bits per heavy atom. The maximum absolute atomic E-state index is 14.1. The van der Waals surface area contributed by atoms with Crippen molar-refractivity contribution in [3.63, 3.8) is 0 Å². The SMILES string of the molecule is CC1CCC(C(=O)N(c2cc(C#CC(C)(C)C)sc2C(=O)O)C2CCC(O)(CO[C@@H]3CC[OH+]C3)CC2)CC1. The first kappa shape index (κ1) is 29.1. The maximum atomic E-state index is 14.1. The molecule has 1 aromatic rings. The number of aliphatic hydroxyl groups is 3. The van der Waals surface area contributed by atoms with Crippen molar-refractivity contribution < 1.29 is 29.3 Å². The van der Waals surface area contributed by atoms with Crippen LogP contribution in [0, 0.1) is 29.1 Å². The number of carbonyl (C=O) groups excluding carboxylic acids is 1. The van der Waals surface area contributed by atoms with Crippen LogP contribution in [0.4, 0.5) is 5.69 Å². The number of ether oxygens (including phenoxy) is 2. The first-order chi connectivity index (χ1) is 17.9. The van der Waals surface area contributed by atoms with Crippen molar-refractivity contribution in [2.45, 2.75) is 103 Å². The number of carbonyl (C=O) groups is 2. The van der Waals surface area contributed by atoms with Crippen molar-refractivity contribution in [2.75, 3.05) is 24.7 Å². The number of carboxylic acids is 1. The van der Waals surface area contributed by atoms with Gasteiger partial charge in [-0.15, -0.1) is 11.3 Å². The van der Waals surface area contributed by atoms with Crippen molar-refractivity contribution in [3.05, 3.63) is 15.8 Å². The fourth-order valence-corrected chi connectivity index (χ4v) is 6.58. The third-order valence-corrected chi connectivity index (χ3v) is 9.14. The van der Waals surface area contributed by atoms with Crippen LogP contribution in [0.25, 0.3) is 0 Å². The number of hydrogen-bond acceptors (Lipinski definition) is 5. The van der Waals surface area contributed by atoms with Gasteiger partial charge in [0.15, 0.2) is 6.61 Å². The molecule has 1 amide bonds. The summed E-state index contributed by atoms with van der Waals surface area (Å²) in [5.74, 6) is 5.82. The molecule has 0 radical (unpaired) electrons. The van der Waals surface area contributed by atoms with Crippen LogP contribution in [0.3, 0.4) is 0 Å². The molecule has 2 aliphatic carbocycles. The molecule has 2 heterocycles. The minimum Gasteiger partial charge on any atom is -0.477 e. The largest absolute Gasteiger partial charge is 0.477 e. The van der Waals surface area contributed by atoms with Gasteiger partial charge in [0.2, 0.25) is 5.91 Å². The minimum absolute atomic E-state index is 0.0202. The molecule has 0 unspecified atom stereocenters. The molecular formula is C30H44NO6S+. The third kappa shape index (κ3) is 7.38. The second-order valence-electron chi connectivity index (χ2n) is 12.6. The number of aromatic carboxylic acids is 1. The number of hydrogen-bond donors (Lipinski definition) is 2. The van der Waals surface area contributed by atoms with E-state index in [9.17, 15) is 19.8 Å². The molecule has 0 aromatic carbocycles. The Morgan fingerprint density at radius 2 is 1.84 bits per heavy atom. The van der Waals surface area contributed by atoms with E-state index < -0.39 is 11.6 Å². The molecule has 1 saturated heterocycles. The highest BCUT2D eigenvalue weighted by Gasteiger charge is 2.41. The van der Waals surface area contributed by atoms with Crippen LogP contribution in [0.2, 0.25) is 0 Å². The molecule has 1 aromatic heterocycles. The predicted octanol–water partition coefficient (Wildman–Crippen LogP) is 4.99. The van der Waals surface area contributed by atoms with Crippen LogP contribution in [-0.4, -0.2) is 64.4 Å². The summed E-state index contributed by atoms with van der Waals surface area (Å²) in [5.41, 5.74) is -0.685. The molecule has 0 bridgehead atoms. The number of nitrogens with zero attached hydrogens (tertiary/aromatic N) is 1. The van der Waals surface area contributed by atoms with Crippen molar-refractivity contribution in [1.82, 2.24) is 0 Å². The summed E-state index contributed by atoms with van der Waals surface area (Å²) in [7, 11) is 0. The van der Waals surface area contributed by atoms with Gasteiger partial charge in [0, 0.05) is 23.8 Å². The first-order valence-corrected chi connectivity index (χ1v) is 15.0. The Bertz CT molecular complexity index is 1040. The molecule has 3 fully saturated rings. The lowest BCUT2D eigenvalue weighted by Gasteiger charge is -2.42. The monoisotopic (exact) mass is 546 g/mol. The van der Waals surface area contributed by atoms with Gasteiger partial charge in [0.05, 0.1) is 22.8 Å². The summed E-state index contributed by atoms with van der Waals surface area (Å²) >= 11 is 1.14. The van der Waals surface area contributed by atoms with Crippen LogP contribution < -0.4 is 4.90 Å². The van der Waals surface area contributed by atoms with E-state index in [4.69, 9.17) is 4.74 Å². The minimum atomic E-state index is -1.04. The summed E-state index contributed by atoms with van der Waals surface area (Å²) in [6.07, 6.45) is 6.88. The normalized spacial score (nSPS) is 29.9. The molecule has 0 spiro atoms. The molecule has 3 N–H and O–H groups in total. The Kier molecular flexibility index (Phi) is 9.24. The lowest BCUT2D eigenvalue weighted by Crippen LogP contribution is -2.50. The summed E-state index contributed by atoms with van der Waals surface area (Å²) in [5, 5.41) is 21.3. The van der Waals surface area contributed by atoms with Crippen molar-refractivity contribution >= 4 is 28.9 Å². The van der Waals surface area contributed by atoms with Gasteiger partial charge in [-0.2, -0.15) is 0 Å². The van der Waals surface area contributed by atoms with Gasteiger partial charge in [0.25, 0.3) is 0 Å². The zero-order chi connectivity index (χ0) is 27.5. The number of anilines is 1. The van der Waals surface area contributed by atoms with Crippen molar-refractivity contribution in [2.24, 2.45) is 17.3 Å².